The van der Waals surface area contributed by atoms with Crippen LogP contribution < -0.4 is 10.1 Å². The number of amides is 1. The van der Waals surface area contributed by atoms with E-state index in [-0.39, 0.29) is 5.91 Å². The fourth-order valence-electron chi connectivity index (χ4n) is 1.57. The van der Waals surface area contributed by atoms with Crippen molar-refractivity contribution in [1.82, 2.24) is 20.5 Å². The van der Waals surface area contributed by atoms with E-state index in [1.54, 1.807) is 7.11 Å². The molecule has 20 heavy (non-hydrogen) atoms. The van der Waals surface area contributed by atoms with Gasteiger partial charge in [0.1, 0.15) is 5.75 Å². The maximum absolute atomic E-state index is 11.4. The van der Waals surface area contributed by atoms with Crippen LogP contribution in [0.2, 0.25) is 0 Å². The molecule has 2 rings (SSSR count). The molecule has 2 aromatic rings. The first-order valence-corrected chi connectivity index (χ1v) is 7.17. The van der Waals surface area contributed by atoms with Crippen molar-refractivity contribution >= 4 is 17.7 Å². The number of H-pyrrole nitrogens is 1. The van der Waals surface area contributed by atoms with Gasteiger partial charge in [-0.15, -0.1) is 5.10 Å². The first-order chi connectivity index (χ1) is 9.72. The Balaban J connectivity index is 1.99. The molecule has 1 aromatic carbocycles. The Hall–Kier alpha value is -2.02. The Kier molecular flexibility index (Phi) is 5.00. The number of benzene rings is 1. The molecule has 0 spiro atoms. The molecule has 0 radical (unpaired) electrons. The van der Waals surface area contributed by atoms with Crippen LogP contribution in [0.25, 0.3) is 11.4 Å². The van der Waals surface area contributed by atoms with Gasteiger partial charge >= 0.3 is 0 Å². The number of rotatable bonds is 6. The van der Waals surface area contributed by atoms with E-state index in [0.29, 0.717) is 23.3 Å². The number of thioether (sulfide) groups is 1. The minimum atomic E-state index is -0.0201. The predicted octanol–water partition coefficient (Wildman–Crippen LogP) is 1.71. The smallest absolute Gasteiger partial charge is 0.230 e. The average molecular weight is 292 g/mol. The molecule has 7 heteroatoms. The lowest BCUT2D eigenvalue weighted by Gasteiger charge is -2.00. The third-order valence-electron chi connectivity index (χ3n) is 2.53. The van der Waals surface area contributed by atoms with Crippen LogP contribution in [0.15, 0.2) is 29.4 Å². The molecular weight excluding hydrogens is 276 g/mol. The molecule has 0 aliphatic rings. The van der Waals surface area contributed by atoms with Crippen molar-refractivity contribution in [3.63, 3.8) is 0 Å². The van der Waals surface area contributed by atoms with Gasteiger partial charge < -0.3 is 10.1 Å². The minimum Gasteiger partial charge on any atom is -0.497 e. The van der Waals surface area contributed by atoms with E-state index in [1.165, 1.54) is 11.8 Å². The van der Waals surface area contributed by atoms with Crippen molar-refractivity contribution in [3.8, 4) is 17.1 Å². The molecule has 1 heterocycles. The quantitative estimate of drug-likeness (QED) is 0.792. The van der Waals surface area contributed by atoms with Crippen molar-refractivity contribution in [2.24, 2.45) is 0 Å². The number of aromatic amines is 1. The van der Waals surface area contributed by atoms with Crippen molar-refractivity contribution in [2.45, 2.75) is 12.1 Å². The third-order valence-corrected chi connectivity index (χ3v) is 3.38. The zero-order chi connectivity index (χ0) is 14.4. The van der Waals surface area contributed by atoms with Gasteiger partial charge in [-0.2, -0.15) is 0 Å². The minimum absolute atomic E-state index is 0.0201. The second kappa shape index (κ2) is 6.95. The molecule has 0 atom stereocenters. The van der Waals surface area contributed by atoms with E-state index < -0.39 is 0 Å². The van der Waals surface area contributed by atoms with Crippen molar-refractivity contribution in [3.05, 3.63) is 24.3 Å². The molecule has 0 saturated heterocycles. The summed E-state index contributed by atoms with van der Waals surface area (Å²) in [4.78, 5) is 15.7. The van der Waals surface area contributed by atoms with Crippen LogP contribution in [-0.4, -0.2) is 40.5 Å². The molecule has 0 unspecified atom stereocenters. The zero-order valence-corrected chi connectivity index (χ0v) is 12.2. The molecule has 106 valence electrons. The maximum Gasteiger partial charge on any atom is 0.230 e. The SMILES string of the molecule is CCNC(=O)CSc1n[nH]c(-c2ccc(OC)cc2)n1. The van der Waals surface area contributed by atoms with E-state index in [2.05, 4.69) is 20.5 Å². The van der Waals surface area contributed by atoms with Gasteiger partial charge in [-0.25, -0.2) is 4.98 Å². The van der Waals surface area contributed by atoms with Gasteiger partial charge in [0.2, 0.25) is 11.1 Å². The molecular formula is C13H16N4O2S. The summed E-state index contributed by atoms with van der Waals surface area (Å²) < 4.78 is 5.10. The van der Waals surface area contributed by atoms with Gasteiger partial charge in [0.15, 0.2) is 5.82 Å². The number of aromatic nitrogens is 3. The maximum atomic E-state index is 11.4. The largest absolute Gasteiger partial charge is 0.497 e. The third kappa shape index (κ3) is 3.74. The summed E-state index contributed by atoms with van der Waals surface area (Å²) in [5.41, 5.74) is 0.920. The number of nitrogens with one attached hydrogen (secondary N) is 2. The van der Waals surface area contributed by atoms with Gasteiger partial charge in [-0.3, -0.25) is 9.89 Å². The Morgan fingerprint density at radius 2 is 2.15 bits per heavy atom. The Morgan fingerprint density at radius 1 is 1.40 bits per heavy atom. The normalized spacial score (nSPS) is 10.3. The Morgan fingerprint density at radius 3 is 2.80 bits per heavy atom. The average Bonchev–Trinajstić information content (AvgIpc) is 2.94. The van der Waals surface area contributed by atoms with Crippen molar-refractivity contribution in [1.29, 1.82) is 0 Å². The highest BCUT2D eigenvalue weighted by Crippen LogP contribution is 2.21. The van der Waals surface area contributed by atoms with Gasteiger partial charge in [0.25, 0.3) is 0 Å². The lowest BCUT2D eigenvalue weighted by atomic mass is 10.2. The van der Waals surface area contributed by atoms with Crippen LogP contribution in [0.1, 0.15) is 6.92 Å². The van der Waals surface area contributed by atoms with Gasteiger partial charge in [0.05, 0.1) is 12.9 Å². The van der Waals surface area contributed by atoms with E-state index in [9.17, 15) is 4.79 Å². The molecule has 0 saturated carbocycles. The summed E-state index contributed by atoms with van der Waals surface area (Å²) in [7, 11) is 1.62. The number of hydrogen-bond donors (Lipinski definition) is 2. The first kappa shape index (κ1) is 14.4. The topological polar surface area (TPSA) is 79.9 Å². The van der Waals surface area contributed by atoms with Crippen LogP contribution in [-0.2, 0) is 4.79 Å². The van der Waals surface area contributed by atoms with Gasteiger partial charge in [-0.1, -0.05) is 11.8 Å². The highest BCUT2D eigenvalue weighted by molar-refractivity contribution is 7.99. The fraction of sp³-hybridized carbons (Fsp3) is 0.308. The lowest BCUT2D eigenvalue weighted by molar-refractivity contribution is -0.118. The summed E-state index contributed by atoms with van der Waals surface area (Å²) >= 11 is 1.30. The Labute approximate surface area is 121 Å². The number of carbonyl (C=O) groups excluding carboxylic acids is 1. The van der Waals surface area contributed by atoms with E-state index in [4.69, 9.17) is 4.74 Å². The summed E-state index contributed by atoms with van der Waals surface area (Å²) in [5, 5.41) is 10.2. The Bertz CT molecular complexity index is 568. The molecule has 0 bridgehead atoms. The molecule has 0 fully saturated rings. The number of methoxy groups -OCH3 is 1. The monoisotopic (exact) mass is 292 g/mol. The van der Waals surface area contributed by atoms with Crippen molar-refractivity contribution < 1.29 is 9.53 Å². The lowest BCUT2D eigenvalue weighted by Crippen LogP contribution is -2.24. The second-order valence-electron chi connectivity index (χ2n) is 3.94. The van der Waals surface area contributed by atoms with Crippen LogP contribution in [0.3, 0.4) is 0 Å². The molecule has 1 amide bonds. The number of ether oxygens (including phenoxy) is 1. The molecule has 6 nitrogen and oxygen atoms in total. The zero-order valence-electron chi connectivity index (χ0n) is 11.3. The van der Waals surface area contributed by atoms with Crippen LogP contribution in [0, 0.1) is 0 Å². The number of nitrogens with zero attached hydrogens (tertiary/aromatic N) is 2. The highest BCUT2D eigenvalue weighted by atomic mass is 32.2. The van der Waals surface area contributed by atoms with Crippen LogP contribution in [0.5, 0.6) is 5.75 Å². The number of hydrogen-bond acceptors (Lipinski definition) is 5. The molecule has 0 aliphatic carbocycles. The molecule has 0 aliphatic heterocycles. The summed E-state index contributed by atoms with van der Waals surface area (Å²) in [6.45, 7) is 2.52. The molecule has 2 N–H and O–H groups in total. The number of carbonyl (C=O) groups is 1. The van der Waals surface area contributed by atoms with Crippen LogP contribution in [0.4, 0.5) is 0 Å². The fourth-order valence-corrected chi connectivity index (χ4v) is 2.20. The van der Waals surface area contributed by atoms with Crippen molar-refractivity contribution in [2.75, 3.05) is 19.4 Å². The van der Waals surface area contributed by atoms with Crippen LogP contribution >= 0.6 is 11.8 Å². The summed E-state index contributed by atoms with van der Waals surface area (Å²) in [6, 6.07) is 7.52. The molecule has 1 aromatic heterocycles. The van der Waals surface area contributed by atoms with E-state index in [0.717, 1.165) is 11.3 Å². The summed E-state index contributed by atoms with van der Waals surface area (Å²) in [6.07, 6.45) is 0. The predicted molar refractivity (Wildman–Crippen MR) is 77.8 cm³/mol. The van der Waals surface area contributed by atoms with Gasteiger partial charge in [0, 0.05) is 12.1 Å². The van der Waals surface area contributed by atoms with Gasteiger partial charge in [-0.05, 0) is 31.2 Å². The first-order valence-electron chi connectivity index (χ1n) is 6.19. The second-order valence-corrected chi connectivity index (χ2v) is 4.88. The van der Waals surface area contributed by atoms with E-state index >= 15 is 0 Å². The summed E-state index contributed by atoms with van der Waals surface area (Å²) in [5.74, 6) is 1.76. The van der Waals surface area contributed by atoms with E-state index in [1.807, 2.05) is 31.2 Å². The standard InChI is InChI=1S/C13H16N4O2S/c1-3-14-11(18)8-20-13-15-12(16-17-13)9-4-6-10(19-2)7-5-9/h4-7H,3,8H2,1-2H3,(H,14,18)(H,15,16,17). The highest BCUT2D eigenvalue weighted by Gasteiger charge is 2.08.